The molecule has 86 valence electrons. The van der Waals surface area contributed by atoms with E-state index in [0.717, 1.165) is 0 Å². The van der Waals surface area contributed by atoms with E-state index in [0.29, 0.717) is 16.6 Å². The minimum atomic E-state index is -3.56. The third-order valence-corrected chi connectivity index (χ3v) is 4.26. The van der Waals surface area contributed by atoms with Gasteiger partial charge in [0.2, 0.25) is 10.0 Å². The van der Waals surface area contributed by atoms with Crippen LogP contribution in [0.25, 0.3) is 0 Å². The first-order valence-corrected chi connectivity index (χ1v) is 6.73. The Kier molecular flexibility index (Phi) is 4.35. The van der Waals surface area contributed by atoms with E-state index in [2.05, 4.69) is 26.6 Å². The van der Waals surface area contributed by atoms with Crippen LogP contribution in [0.3, 0.4) is 0 Å². The third-order valence-electron chi connectivity index (χ3n) is 1.81. The fourth-order valence-corrected chi connectivity index (χ4v) is 3.09. The molecule has 3 N–H and O–H groups in total. The molecular weight excluding hydrogens is 292 g/mol. The Morgan fingerprint density at radius 3 is 2.81 bits per heavy atom. The zero-order valence-corrected chi connectivity index (χ0v) is 10.8. The fraction of sp³-hybridized carbons (Fsp3) is 0.200. The van der Waals surface area contributed by atoms with E-state index >= 15 is 0 Å². The Morgan fingerprint density at radius 2 is 2.19 bits per heavy atom. The smallest absolute Gasteiger partial charge is 0.241 e. The van der Waals surface area contributed by atoms with Crippen LogP contribution in [-0.4, -0.2) is 15.0 Å². The first kappa shape index (κ1) is 13.0. The van der Waals surface area contributed by atoms with Crippen molar-refractivity contribution in [3.8, 4) is 12.3 Å². The summed E-state index contributed by atoms with van der Waals surface area (Å²) in [5.74, 6) is 2.35. The van der Waals surface area contributed by atoms with Crippen LogP contribution in [0.4, 0.5) is 5.69 Å². The summed E-state index contributed by atoms with van der Waals surface area (Å²) in [6, 6.07) is 4.60. The van der Waals surface area contributed by atoms with E-state index in [4.69, 9.17) is 12.2 Å². The summed E-state index contributed by atoms with van der Waals surface area (Å²) in [6.07, 6.45) is 5.38. The highest BCUT2D eigenvalue weighted by Crippen LogP contribution is 2.23. The Labute approximate surface area is 103 Å². The fourth-order valence-electron chi connectivity index (χ4n) is 1.06. The lowest BCUT2D eigenvalue weighted by Gasteiger charge is -2.07. The van der Waals surface area contributed by atoms with Gasteiger partial charge in [-0.3, -0.25) is 0 Å². The van der Waals surface area contributed by atoms with Crippen LogP contribution < -0.4 is 10.5 Å². The second-order valence-corrected chi connectivity index (χ2v) is 5.63. The lowest BCUT2D eigenvalue weighted by Crippen LogP contribution is -2.25. The van der Waals surface area contributed by atoms with Gasteiger partial charge in [-0.25, -0.2) is 13.1 Å². The molecule has 0 aliphatic heterocycles. The summed E-state index contributed by atoms with van der Waals surface area (Å²) in [5, 5.41) is 0. The number of nitrogens with two attached hydrogens (primary N) is 1. The molecule has 0 fully saturated rings. The summed E-state index contributed by atoms with van der Waals surface area (Å²) in [5.41, 5.74) is 5.92. The van der Waals surface area contributed by atoms with Gasteiger partial charge in [0.15, 0.2) is 0 Å². The van der Waals surface area contributed by atoms with Crippen molar-refractivity contribution < 1.29 is 8.42 Å². The van der Waals surface area contributed by atoms with Gasteiger partial charge in [0.25, 0.3) is 0 Å². The maximum Gasteiger partial charge on any atom is 0.241 e. The molecule has 0 amide bonds. The number of rotatable bonds is 4. The number of halogens is 1. The number of benzene rings is 1. The van der Waals surface area contributed by atoms with Crippen molar-refractivity contribution >= 4 is 31.6 Å². The van der Waals surface area contributed by atoms with Crippen molar-refractivity contribution in [1.29, 1.82) is 0 Å². The zero-order valence-electron chi connectivity index (χ0n) is 8.40. The minimum Gasteiger partial charge on any atom is -0.399 e. The van der Waals surface area contributed by atoms with E-state index in [1.807, 2.05) is 0 Å². The zero-order chi connectivity index (χ0) is 12.2. The van der Waals surface area contributed by atoms with Gasteiger partial charge in [0, 0.05) is 23.1 Å². The van der Waals surface area contributed by atoms with Gasteiger partial charge in [-0.1, -0.05) is 0 Å². The van der Waals surface area contributed by atoms with Crippen molar-refractivity contribution in [2.75, 3.05) is 12.3 Å². The van der Waals surface area contributed by atoms with Crippen molar-refractivity contribution in [2.24, 2.45) is 0 Å². The molecule has 0 radical (unpaired) electrons. The van der Waals surface area contributed by atoms with Gasteiger partial charge in [-0.2, -0.15) is 0 Å². The van der Waals surface area contributed by atoms with Gasteiger partial charge in [0.05, 0.1) is 4.90 Å². The number of hydrogen-bond acceptors (Lipinski definition) is 3. The normalized spacial score (nSPS) is 11.0. The highest BCUT2D eigenvalue weighted by molar-refractivity contribution is 9.10. The van der Waals surface area contributed by atoms with Gasteiger partial charge >= 0.3 is 0 Å². The summed E-state index contributed by atoms with van der Waals surface area (Å²) in [6.45, 7) is 0.208. The molecule has 1 aromatic carbocycles. The van der Waals surface area contributed by atoms with E-state index in [9.17, 15) is 8.42 Å². The van der Waals surface area contributed by atoms with E-state index in [-0.39, 0.29) is 11.4 Å². The number of hydrogen-bond donors (Lipinski definition) is 2. The van der Waals surface area contributed by atoms with Crippen LogP contribution in [0, 0.1) is 12.3 Å². The lowest BCUT2D eigenvalue weighted by molar-refractivity contribution is 0.582. The molecule has 0 saturated heterocycles. The SMILES string of the molecule is C#CCCNS(=O)(=O)c1cc(N)ccc1Br. The second-order valence-electron chi connectivity index (χ2n) is 3.04. The van der Waals surface area contributed by atoms with E-state index < -0.39 is 10.0 Å². The maximum atomic E-state index is 11.8. The molecule has 0 aliphatic rings. The number of nitrogen functional groups attached to an aromatic ring is 1. The monoisotopic (exact) mass is 302 g/mol. The lowest BCUT2D eigenvalue weighted by atomic mass is 10.3. The van der Waals surface area contributed by atoms with Crippen molar-refractivity contribution in [3.63, 3.8) is 0 Å². The Morgan fingerprint density at radius 1 is 1.50 bits per heavy atom. The average Bonchev–Trinajstić information content (AvgIpc) is 2.22. The van der Waals surface area contributed by atoms with Crippen LogP contribution in [0.1, 0.15) is 6.42 Å². The molecule has 6 heteroatoms. The number of terminal acetylenes is 1. The summed E-state index contributed by atoms with van der Waals surface area (Å²) >= 11 is 3.16. The predicted molar refractivity (Wildman–Crippen MR) is 67.2 cm³/mol. The van der Waals surface area contributed by atoms with Gasteiger partial charge < -0.3 is 5.73 Å². The van der Waals surface area contributed by atoms with E-state index in [1.54, 1.807) is 12.1 Å². The van der Waals surface area contributed by atoms with Crippen LogP contribution in [-0.2, 0) is 10.0 Å². The van der Waals surface area contributed by atoms with Gasteiger partial charge in [-0.05, 0) is 34.1 Å². The summed E-state index contributed by atoms with van der Waals surface area (Å²) in [4.78, 5) is 0.115. The standard InChI is InChI=1S/C10H11BrN2O2S/c1-2-3-6-13-16(14,15)10-7-8(12)4-5-9(10)11/h1,4-5,7,13H,3,6,12H2. The first-order valence-electron chi connectivity index (χ1n) is 4.45. The van der Waals surface area contributed by atoms with E-state index in [1.165, 1.54) is 6.07 Å². The molecule has 0 aliphatic carbocycles. The van der Waals surface area contributed by atoms with Crippen LogP contribution in [0.5, 0.6) is 0 Å². The molecule has 16 heavy (non-hydrogen) atoms. The van der Waals surface area contributed by atoms with Crippen LogP contribution >= 0.6 is 15.9 Å². The van der Waals surface area contributed by atoms with Crippen LogP contribution in [0.15, 0.2) is 27.6 Å². The highest BCUT2D eigenvalue weighted by Gasteiger charge is 2.16. The topological polar surface area (TPSA) is 72.2 Å². The maximum absolute atomic E-state index is 11.8. The van der Waals surface area contributed by atoms with Crippen molar-refractivity contribution in [3.05, 3.63) is 22.7 Å². The second kappa shape index (κ2) is 5.34. The largest absolute Gasteiger partial charge is 0.399 e. The average molecular weight is 303 g/mol. The van der Waals surface area contributed by atoms with Crippen molar-refractivity contribution in [1.82, 2.24) is 4.72 Å². The number of nitrogens with one attached hydrogen (secondary N) is 1. The third kappa shape index (κ3) is 3.23. The minimum absolute atomic E-state index is 0.115. The molecule has 0 bridgehead atoms. The number of sulfonamides is 1. The highest BCUT2D eigenvalue weighted by atomic mass is 79.9. The molecule has 4 nitrogen and oxygen atoms in total. The summed E-state index contributed by atoms with van der Waals surface area (Å²) < 4.78 is 26.5. The van der Waals surface area contributed by atoms with Crippen LogP contribution in [0.2, 0.25) is 0 Å². The molecule has 0 atom stereocenters. The molecule has 0 aromatic heterocycles. The van der Waals surface area contributed by atoms with Gasteiger partial charge in [-0.15, -0.1) is 12.3 Å². The summed E-state index contributed by atoms with van der Waals surface area (Å²) in [7, 11) is -3.56. The molecule has 0 heterocycles. The Bertz CT molecular complexity index is 520. The molecule has 0 spiro atoms. The molecule has 0 unspecified atom stereocenters. The first-order chi connectivity index (χ1) is 7.47. The Hall–Kier alpha value is -1.03. The molecule has 1 aromatic rings. The van der Waals surface area contributed by atoms with Crippen molar-refractivity contribution in [2.45, 2.75) is 11.3 Å². The molecular formula is C10H11BrN2O2S. The number of anilines is 1. The molecule has 1 rings (SSSR count). The molecule has 0 saturated carbocycles. The quantitative estimate of drug-likeness (QED) is 0.501. The van der Waals surface area contributed by atoms with Gasteiger partial charge in [0.1, 0.15) is 0 Å². The Balaban J connectivity index is 2.99. The predicted octanol–water partition coefficient (Wildman–Crippen LogP) is 1.33.